The molecule has 0 bridgehead atoms. The van der Waals surface area contributed by atoms with Crippen LogP contribution in [0.25, 0.3) is 6.08 Å². The second-order valence-electron chi connectivity index (χ2n) is 7.92. The normalized spacial score (nSPS) is 18.6. The van der Waals surface area contributed by atoms with Gasteiger partial charge in [-0.25, -0.2) is 0 Å². The summed E-state index contributed by atoms with van der Waals surface area (Å²) in [5, 5.41) is 7.58. The molecule has 0 radical (unpaired) electrons. The zero-order valence-electron chi connectivity index (χ0n) is 16.2. The Labute approximate surface area is 161 Å². The number of nitrogens with one attached hydrogen (secondary N) is 1. The van der Waals surface area contributed by atoms with E-state index in [2.05, 4.69) is 56.4 Å². The summed E-state index contributed by atoms with van der Waals surface area (Å²) in [4.78, 5) is 14.4. The summed E-state index contributed by atoms with van der Waals surface area (Å²) in [5.41, 5.74) is 5.49. The minimum atomic E-state index is 0.0290. The summed E-state index contributed by atoms with van der Waals surface area (Å²) in [6.45, 7) is 7.37. The van der Waals surface area contributed by atoms with Gasteiger partial charge in [-0.1, -0.05) is 44.2 Å². The van der Waals surface area contributed by atoms with Gasteiger partial charge in [0.2, 0.25) is 5.91 Å². The molecular formula is C22H28N4O. The van der Waals surface area contributed by atoms with Gasteiger partial charge in [0.05, 0.1) is 11.7 Å². The molecule has 2 heterocycles. The fourth-order valence-electron chi connectivity index (χ4n) is 4.11. The van der Waals surface area contributed by atoms with Gasteiger partial charge < -0.3 is 5.32 Å². The molecule has 0 spiro atoms. The molecule has 1 N–H and O–H groups in total. The maximum absolute atomic E-state index is 11.8. The number of nitrogens with zero attached hydrogens (tertiary/aromatic N) is 3. The SMILES string of the molecule is CC(C)C(=O)NCCC1CN(Cc2cccc3c2C=CC3)Cc2ccnn21. The molecule has 2 aromatic rings. The molecule has 4 rings (SSSR count). The van der Waals surface area contributed by atoms with E-state index in [-0.39, 0.29) is 11.8 Å². The lowest BCUT2D eigenvalue weighted by molar-refractivity contribution is -0.124. The quantitative estimate of drug-likeness (QED) is 0.856. The van der Waals surface area contributed by atoms with Crippen molar-refractivity contribution >= 4 is 12.0 Å². The van der Waals surface area contributed by atoms with Gasteiger partial charge in [0.25, 0.3) is 0 Å². The highest BCUT2D eigenvalue weighted by Gasteiger charge is 2.26. The number of benzene rings is 1. The number of amides is 1. The zero-order chi connectivity index (χ0) is 18.8. The van der Waals surface area contributed by atoms with Crippen LogP contribution >= 0.6 is 0 Å². The molecule has 5 heteroatoms. The molecule has 1 aliphatic carbocycles. The second kappa shape index (κ2) is 7.69. The Balaban J connectivity index is 1.44. The summed E-state index contributed by atoms with van der Waals surface area (Å²) >= 11 is 0. The number of aromatic nitrogens is 2. The highest BCUT2D eigenvalue weighted by Crippen LogP contribution is 2.28. The van der Waals surface area contributed by atoms with E-state index in [0.29, 0.717) is 12.6 Å². The second-order valence-corrected chi connectivity index (χ2v) is 7.92. The van der Waals surface area contributed by atoms with Crippen molar-refractivity contribution in [2.24, 2.45) is 5.92 Å². The maximum atomic E-state index is 11.8. The minimum Gasteiger partial charge on any atom is -0.356 e. The predicted octanol–water partition coefficient (Wildman–Crippen LogP) is 3.17. The molecule has 0 saturated heterocycles. The number of carbonyl (C=O) groups excluding carboxylic acids is 1. The van der Waals surface area contributed by atoms with Crippen molar-refractivity contribution in [2.45, 2.75) is 45.8 Å². The predicted molar refractivity (Wildman–Crippen MR) is 107 cm³/mol. The molecule has 5 nitrogen and oxygen atoms in total. The third-order valence-electron chi connectivity index (χ3n) is 5.56. The summed E-state index contributed by atoms with van der Waals surface area (Å²) in [7, 11) is 0. The summed E-state index contributed by atoms with van der Waals surface area (Å²) < 4.78 is 2.15. The lowest BCUT2D eigenvalue weighted by Gasteiger charge is -2.34. The van der Waals surface area contributed by atoms with E-state index >= 15 is 0 Å². The van der Waals surface area contributed by atoms with Crippen LogP contribution in [0.2, 0.25) is 0 Å². The maximum Gasteiger partial charge on any atom is 0.222 e. The topological polar surface area (TPSA) is 50.2 Å². The molecule has 142 valence electrons. The lowest BCUT2D eigenvalue weighted by Crippen LogP contribution is -2.39. The monoisotopic (exact) mass is 364 g/mol. The molecule has 2 aliphatic rings. The fraction of sp³-hybridized carbons (Fsp3) is 0.455. The zero-order valence-corrected chi connectivity index (χ0v) is 16.2. The number of rotatable bonds is 6. The van der Waals surface area contributed by atoms with E-state index in [1.165, 1.54) is 22.4 Å². The Morgan fingerprint density at radius 2 is 2.22 bits per heavy atom. The number of carbonyl (C=O) groups is 1. The van der Waals surface area contributed by atoms with E-state index in [1.807, 2.05) is 20.0 Å². The van der Waals surface area contributed by atoms with Crippen molar-refractivity contribution < 1.29 is 4.79 Å². The Hall–Kier alpha value is -2.40. The molecule has 1 amide bonds. The van der Waals surface area contributed by atoms with Gasteiger partial charge in [0.1, 0.15) is 0 Å². The Morgan fingerprint density at radius 3 is 3.07 bits per heavy atom. The lowest BCUT2D eigenvalue weighted by atomic mass is 10.0. The molecule has 27 heavy (non-hydrogen) atoms. The van der Waals surface area contributed by atoms with Crippen molar-refractivity contribution in [1.82, 2.24) is 20.0 Å². The first-order valence-electron chi connectivity index (χ1n) is 9.91. The summed E-state index contributed by atoms with van der Waals surface area (Å²) in [6, 6.07) is 9.06. The molecule has 1 aliphatic heterocycles. The van der Waals surface area contributed by atoms with Crippen LogP contribution in [-0.2, 0) is 24.3 Å². The largest absolute Gasteiger partial charge is 0.356 e. The number of fused-ring (bicyclic) bond motifs is 2. The number of hydrogen-bond acceptors (Lipinski definition) is 3. The average molecular weight is 364 g/mol. The molecular weight excluding hydrogens is 336 g/mol. The molecule has 1 atom stereocenters. The third-order valence-corrected chi connectivity index (χ3v) is 5.56. The molecule has 0 fully saturated rings. The highest BCUT2D eigenvalue weighted by molar-refractivity contribution is 5.77. The van der Waals surface area contributed by atoms with E-state index in [1.54, 1.807) is 0 Å². The summed E-state index contributed by atoms with van der Waals surface area (Å²) in [6.07, 6.45) is 8.35. The molecule has 1 unspecified atom stereocenters. The van der Waals surface area contributed by atoms with Crippen LogP contribution in [-0.4, -0.2) is 33.7 Å². The Morgan fingerprint density at radius 1 is 1.33 bits per heavy atom. The van der Waals surface area contributed by atoms with Crippen molar-refractivity contribution in [3.05, 3.63) is 58.9 Å². The van der Waals surface area contributed by atoms with E-state index in [9.17, 15) is 4.79 Å². The Kier molecular flexibility index (Phi) is 5.12. The molecule has 0 saturated carbocycles. The Bertz CT molecular complexity index is 852. The smallest absolute Gasteiger partial charge is 0.222 e. The molecule has 1 aromatic heterocycles. The van der Waals surface area contributed by atoms with Crippen LogP contribution < -0.4 is 5.32 Å². The minimum absolute atomic E-state index is 0.0290. The van der Waals surface area contributed by atoms with Crippen LogP contribution in [0.4, 0.5) is 0 Å². The van der Waals surface area contributed by atoms with Crippen molar-refractivity contribution in [1.29, 1.82) is 0 Å². The van der Waals surface area contributed by atoms with Gasteiger partial charge in [-0.3, -0.25) is 14.4 Å². The van der Waals surface area contributed by atoms with Crippen LogP contribution in [0, 0.1) is 5.92 Å². The first kappa shape index (κ1) is 18.0. The van der Waals surface area contributed by atoms with Gasteiger partial charge in [0, 0.05) is 38.3 Å². The van der Waals surface area contributed by atoms with Gasteiger partial charge >= 0.3 is 0 Å². The van der Waals surface area contributed by atoms with Crippen molar-refractivity contribution in [2.75, 3.05) is 13.1 Å². The van der Waals surface area contributed by atoms with Crippen molar-refractivity contribution in [3.63, 3.8) is 0 Å². The number of allylic oxidation sites excluding steroid dienone is 1. The van der Waals surface area contributed by atoms with Crippen LogP contribution in [0.3, 0.4) is 0 Å². The number of hydrogen-bond donors (Lipinski definition) is 1. The van der Waals surface area contributed by atoms with Crippen LogP contribution in [0.1, 0.15) is 48.7 Å². The fourth-order valence-corrected chi connectivity index (χ4v) is 4.11. The first-order valence-corrected chi connectivity index (χ1v) is 9.91. The third kappa shape index (κ3) is 3.83. The van der Waals surface area contributed by atoms with Crippen LogP contribution in [0.15, 0.2) is 36.5 Å². The van der Waals surface area contributed by atoms with Gasteiger partial charge in [-0.2, -0.15) is 5.10 Å². The van der Waals surface area contributed by atoms with Gasteiger partial charge in [0.15, 0.2) is 0 Å². The molecule has 1 aromatic carbocycles. The first-order chi connectivity index (χ1) is 13.1. The average Bonchev–Trinajstić information content (AvgIpc) is 3.30. The standard InChI is InChI=1S/C22H28N4O/c1-16(2)22(27)23-11-9-19-14-25(15-20-10-12-24-26(19)20)13-18-7-3-5-17-6-4-8-21(17)18/h3-5,7-8,10,12,16,19H,6,9,11,13-15H2,1-2H3,(H,23,27). The highest BCUT2D eigenvalue weighted by atomic mass is 16.1. The van der Waals surface area contributed by atoms with Crippen molar-refractivity contribution in [3.8, 4) is 0 Å². The van der Waals surface area contributed by atoms with E-state index < -0.39 is 0 Å². The van der Waals surface area contributed by atoms with Crippen LogP contribution in [0.5, 0.6) is 0 Å². The summed E-state index contributed by atoms with van der Waals surface area (Å²) in [5.74, 6) is 0.149. The van der Waals surface area contributed by atoms with Gasteiger partial charge in [-0.05, 0) is 35.6 Å². The van der Waals surface area contributed by atoms with Gasteiger partial charge in [-0.15, -0.1) is 0 Å². The van der Waals surface area contributed by atoms with E-state index in [4.69, 9.17) is 0 Å². The van der Waals surface area contributed by atoms with E-state index in [0.717, 1.165) is 32.5 Å².